The van der Waals surface area contributed by atoms with Crippen LogP contribution in [0.3, 0.4) is 0 Å². The number of anilines is 1. The Hall–Kier alpha value is -4.46. The summed E-state index contributed by atoms with van der Waals surface area (Å²) < 4.78 is 11.0. The van der Waals surface area contributed by atoms with Crippen molar-refractivity contribution in [2.75, 3.05) is 11.9 Å². The molecule has 0 aliphatic carbocycles. The van der Waals surface area contributed by atoms with Crippen molar-refractivity contribution in [2.45, 2.75) is 20.8 Å². The fourth-order valence-corrected chi connectivity index (χ4v) is 3.06. The molecule has 0 bridgehead atoms. The predicted octanol–water partition coefficient (Wildman–Crippen LogP) is 4.09. The van der Waals surface area contributed by atoms with Gasteiger partial charge in [-0.1, -0.05) is 42.0 Å². The molecule has 0 aliphatic rings. The molecule has 2 N–H and O–H groups in total. The standard InChI is InChI=1S/C26H25N3O5/c1-4-33-23-15-8-6-13-21(23)27-24(30)25(31)29-28-18(3)20-12-5-7-14-22(20)34-26(32)19-11-9-10-17(2)16-19/h5-16H,4H2,1-3H3,(H,27,30)(H,29,31). The Labute approximate surface area is 197 Å². The highest BCUT2D eigenvalue weighted by Gasteiger charge is 2.17. The molecule has 3 rings (SSSR count). The summed E-state index contributed by atoms with van der Waals surface area (Å²) in [5.74, 6) is -1.64. The molecule has 0 radical (unpaired) electrons. The number of benzene rings is 3. The normalized spacial score (nSPS) is 10.9. The van der Waals surface area contributed by atoms with Crippen molar-refractivity contribution in [3.63, 3.8) is 0 Å². The van der Waals surface area contributed by atoms with Crippen LogP contribution < -0.4 is 20.2 Å². The van der Waals surface area contributed by atoms with E-state index in [1.54, 1.807) is 73.7 Å². The van der Waals surface area contributed by atoms with Crippen molar-refractivity contribution < 1.29 is 23.9 Å². The summed E-state index contributed by atoms with van der Waals surface area (Å²) >= 11 is 0. The van der Waals surface area contributed by atoms with Crippen molar-refractivity contribution in [3.8, 4) is 11.5 Å². The maximum atomic E-state index is 12.5. The third-order valence-electron chi connectivity index (χ3n) is 4.70. The van der Waals surface area contributed by atoms with Crippen LogP contribution in [0.4, 0.5) is 5.69 Å². The fourth-order valence-electron chi connectivity index (χ4n) is 3.06. The number of amides is 2. The molecule has 3 aromatic carbocycles. The van der Waals surface area contributed by atoms with Crippen LogP contribution in [0.25, 0.3) is 0 Å². The minimum atomic E-state index is -0.958. The molecule has 0 heterocycles. The smallest absolute Gasteiger partial charge is 0.343 e. The summed E-state index contributed by atoms with van der Waals surface area (Å²) in [6, 6.07) is 20.6. The lowest BCUT2D eigenvalue weighted by molar-refractivity contribution is -0.136. The number of hydrogen-bond donors (Lipinski definition) is 2. The molecule has 2 amide bonds. The van der Waals surface area contributed by atoms with E-state index in [0.717, 1.165) is 5.56 Å². The van der Waals surface area contributed by atoms with Gasteiger partial charge in [-0.3, -0.25) is 9.59 Å². The van der Waals surface area contributed by atoms with Gasteiger partial charge in [0, 0.05) is 5.56 Å². The number of nitrogens with one attached hydrogen (secondary N) is 2. The maximum Gasteiger partial charge on any atom is 0.343 e. The van der Waals surface area contributed by atoms with Crippen LogP contribution in [-0.4, -0.2) is 30.1 Å². The molecule has 0 fully saturated rings. The van der Waals surface area contributed by atoms with E-state index in [9.17, 15) is 14.4 Å². The predicted molar refractivity (Wildman–Crippen MR) is 129 cm³/mol. The number of aryl methyl sites for hydroxylation is 1. The largest absolute Gasteiger partial charge is 0.492 e. The molecular weight excluding hydrogens is 434 g/mol. The van der Waals surface area contributed by atoms with E-state index in [4.69, 9.17) is 9.47 Å². The first kappa shape index (κ1) is 24.2. The van der Waals surface area contributed by atoms with Crippen molar-refractivity contribution >= 4 is 29.2 Å². The minimum absolute atomic E-state index is 0.277. The molecule has 0 saturated heterocycles. The third kappa shape index (κ3) is 6.29. The van der Waals surface area contributed by atoms with E-state index >= 15 is 0 Å². The Morgan fingerprint density at radius 3 is 2.32 bits per heavy atom. The number of carbonyl (C=O) groups excluding carboxylic acids is 3. The average Bonchev–Trinajstić information content (AvgIpc) is 2.84. The van der Waals surface area contributed by atoms with Gasteiger partial charge in [-0.2, -0.15) is 5.10 Å². The first-order chi connectivity index (χ1) is 16.4. The van der Waals surface area contributed by atoms with Gasteiger partial charge in [0.15, 0.2) is 0 Å². The van der Waals surface area contributed by atoms with E-state index in [1.807, 2.05) is 19.9 Å². The average molecular weight is 460 g/mol. The van der Waals surface area contributed by atoms with Crippen LogP contribution in [0.5, 0.6) is 11.5 Å². The first-order valence-electron chi connectivity index (χ1n) is 10.6. The summed E-state index contributed by atoms with van der Waals surface area (Å²) in [7, 11) is 0. The van der Waals surface area contributed by atoms with Crippen molar-refractivity contribution in [1.29, 1.82) is 0 Å². The van der Waals surface area contributed by atoms with Crippen LogP contribution in [0, 0.1) is 6.92 Å². The molecule has 34 heavy (non-hydrogen) atoms. The number of esters is 1. The number of nitrogens with zero attached hydrogens (tertiary/aromatic N) is 1. The summed E-state index contributed by atoms with van der Waals surface area (Å²) in [6.07, 6.45) is 0. The number of rotatable bonds is 7. The lowest BCUT2D eigenvalue weighted by Gasteiger charge is -2.11. The number of hydrogen-bond acceptors (Lipinski definition) is 6. The molecule has 8 heteroatoms. The lowest BCUT2D eigenvalue weighted by Crippen LogP contribution is -2.33. The van der Waals surface area contributed by atoms with E-state index in [1.165, 1.54) is 0 Å². The quantitative estimate of drug-likeness (QED) is 0.182. The monoisotopic (exact) mass is 459 g/mol. The summed E-state index contributed by atoms with van der Waals surface area (Å²) in [5, 5.41) is 6.51. The second-order valence-corrected chi connectivity index (χ2v) is 7.28. The highest BCUT2D eigenvalue weighted by atomic mass is 16.5. The molecule has 0 aliphatic heterocycles. The molecule has 3 aromatic rings. The SMILES string of the molecule is CCOc1ccccc1NC(=O)C(=O)NN=C(C)c1ccccc1OC(=O)c1cccc(C)c1. The zero-order valence-corrected chi connectivity index (χ0v) is 19.1. The second-order valence-electron chi connectivity index (χ2n) is 7.28. The van der Waals surface area contributed by atoms with Gasteiger partial charge in [-0.05, 0) is 57.2 Å². The topological polar surface area (TPSA) is 106 Å². The van der Waals surface area contributed by atoms with Gasteiger partial charge in [0.1, 0.15) is 11.5 Å². The minimum Gasteiger partial charge on any atom is -0.492 e. The van der Waals surface area contributed by atoms with Gasteiger partial charge < -0.3 is 14.8 Å². The summed E-state index contributed by atoms with van der Waals surface area (Å²) in [4.78, 5) is 37.1. The Morgan fingerprint density at radius 2 is 1.59 bits per heavy atom. The van der Waals surface area contributed by atoms with Crippen molar-refractivity contribution in [1.82, 2.24) is 5.43 Å². The van der Waals surface area contributed by atoms with Crippen molar-refractivity contribution in [3.05, 3.63) is 89.5 Å². The van der Waals surface area contributed by atoms with E-state index in [-0.39, 0.29) is 5.75 Å². The number of para-hydroxylation sites is 3. The van der Waals surface area contributed by atoms with Gasteiger partial charge in [0.25, 0.3) is 0 Å². The third-order valence-corrected chi connectivity index (χ3v) is 4.70. The molecule has 0 unspecified atom stereocenters. The number of hydrazone groups is 1. The van der Waals surface area contributed by atoms with Gasteiger partial charge in [0.2, 0.25) is 0 Å². The Bertz CT molecular complexity index is 1240. The molecule has 0 spiro atoms. The Balaban J connectivity index is 1.69. The summed E-state index contributed by atoms with van der Waals surface area (Å²) in [6.45, 7) is 5.74. The van der Waals surface area contributed by atoms with Gasteiger partial charge in [-0.15, -0.1) is 0 Å². The van der Waals surface area contributed by atoms with Crippen LogP contribution in [0.1, 0.15) is 35.3 Å². The molecule has 174 valence electrons. The summed E-state index contributed by atoms with van der Waals surface area (Å²) in [5.41, 5.74) is 4.80. The highest BCUT2D eigenvalue weighted by Crippen LogP contribution is 2.23. The van der Waals surface area contributed by atoms with Gasteiger partial charge in [0.05, 0.1) is 23.6 Å². The molecule has 0 saturated carbocycles. The maximum absolute atomic E-state index is 12.5. The molecule has 0 aromatic heterocycles. The van der Waals surface area contributed by atoms with Crippen LogP contribution in [0.2, 0.25) is 0 Å². The van der Waals surface area contributed by atoms with Gasteiger partial charge in [-0.25, -0.2) is 10.2 Å². The molecule has 0 atom stereocenters. The highest BCUT2D eigenvalue weighted by molar-refractivity contribution is 6.39. The molecule has 8 nitrogen and oxygen atoms in total. The number of ether oxygens (including phenoxy) is 2. The first-order valence-corrected chi connectivity index (χ1v) is 10.6. The van der Waals surface area contributed by atoms with Crippen LogP contribution in [0.15, 0.2) is 77.9 Å². The zero-order chi connectivity index (χ0) is 24.5. The molecular formula is C26H25N3O5. The van der Waals surface area contributed by atoms with Crippen LogP contribution >= 0.6 is 0 Å². The Kier molecular flexibility index (Phi) is 8.12. The van der Waals surface area contributed by atoms with Crippen LogP contribution in [-0.2, 0) is 9.59 Å². The van der Waals surface area contributed by atoms with E-state index in [0.29, 0.717) is 34.9 Å². The second kappa shape index (κ2) is 11.4. The van der Waals surface area contributed by atoms with Crippen molar-refractivity contribution in [2.24, 2.45) is 5.10 Å². The van der Waals surface area contributed by atoms with E-state index < -0.39 is 17.8 Å². The van der Waals surface area contributed by atoms with Gasteiger partial charge >= 0.3 is 17.8 Å². The number of carbonyl (C=O) groups is 3. The van der Waals surface area contributed by atoms with E-state index in [2.05, 4.69) is 15.8 Å². The lowest BCUT2D eigenvalue weighted by atomic mass is 10.1. The zero-order valence-electron chi connectivity index (χ0n) is 19.1. The fraction of sp³-hybridized carbons (Fsp3) is 0.154. The Morgan fingerprint density at radius 1 is 0.882 bits per heavy atom.